The maximum Gasteiger partial charge on any atom is 0.129 e. The Hall–Kier alpha value is -1.10. The van der Waals surface area contributed by atoms with Gasteiger partial charge in [-0.3, -0.25) is 0 Å². The van der Waals surface area contributed by atoms with E-state index in [9.17, 15) is 0 Å². The summed E-state index contributed by atoms with van der Waals surface area (Å²) in [6.07, 6.45) is 0. The minimum Gasteiger partial charge on any atom is -0.462 e. The van der Waals surface area contributed by atoms with E-state index >= 15 is 0 Å². The molecule has 1 heterocycles. The van der Waals surface area contributed by atoms with Crippen molar-refractivity contribution in [2.24, 2.45) is 0 Å². The van der Waals surface area contributed by atoms with Crippen LogP contribution in [0.2, 0.25) is 0 Å². The lowest BCUT2D eigenvalue weighted by atomic mass is 10.2. The van der Waals surface area contributed by atoms with Gasteiger partial charge in [0.05, 0.1) is 13.2 Å². The van der Waals surface area contributed by atoms with Crippen LogP contribution in [0.1, 0.15) is 24.0 Å². The summed E-state index contributed by atoms with van der Waals surface area (Å²) in [5, 5.41) is 3.23. The van der Waals surface area contributed by atoms with Crippen LogP contribution in [0.3, 0.4) is 0 Å². The Balaban J connectivity index is 1.76. The summed E-state index contributed by atoms with van der Waals surface area (Å²) >= 11 is 3.41. The monoisotopic (exact) mass is 323 g/mol. The van der Waals surface area contributed by atoms with Crippen molar-refractivity contribution in [2.45, 2.75) is 26.7 Å². The van der Waals surface area contributed by atoms with Crippen LogP contribution in [0.15, 0.2) is 45.3 Å². The van der Waals surface area contributed by atoms with Crippen molar-refractivity contribution in [3.05, 3.63) is 58.0 Å². The van der Waals surface area contributed by atoms with Crippen LogP contribution in [-0.2, 0) is 24.5 Å². The molecule has 0 amide bonds. The van der Waals surface area contributed by atoms with Gasteiger partial charge in [-0.05, 0) is 36.4 Å². The zero-order valence-corrected chi connectivity index (χ0v) is 12.6. The average Bonchev–Trinajstić information content (AvgIpc) is 2.87. The lowest BCUT2D eigenvalue weighted by Crippen LogP contribution is -2.10. The van der Waals surface area contributed by atoms with E-state index in [0.29, 0.717) is 13.2 Å². The molecule has 0 unspecified atom stereocenters. The molecule has 0 fully saturated rings. The molecule has 3 nitrogen and oxygen atoms in total. The third kappa shape index (κ3) is 4.82. The van der Waals surface area contributed by atoms with Crippen molar-refractivity contribution < 1.29 is 9.15 Å². The highest BCUT2D eigenvalue weighted by molar-refractivity contribution is 9.10. The van der Waals surface area contributed by atoms with E-state index in [1.807, 2.05) is 36.4 Å². The fourth-order valence-electron chi connectivity index (χ4n) is 1.69. The van der Waals surface area contributed by atoms with Crippen LogP contribution in [0.25, 0.3) is 0 Å². The topological polar surface area (TPSA) is 34.4 Å². The number of furan rings is 1. The van der Waals surface area contributed by atoms with Crippen molar-refractivity contribution in [1.82, 2.24) is 5.32 Å². The minimum atomic E-state index is 0.502. The Kier molecular flexibility index (Phi) is 5.63. The first kappa shape index (κ1) is 14.3. The molecular formula is C15H18BrNO2. The van der Waals surface area contributed by atoms with Crippen LogP contribution < -0.4 is 5.32 Å². The molecule has 0 aliphatic heterocycles. The fraction of sp³-hybridized carbons (Fsp3) is 0.333. The van der Waals surface area contributed by atoms with Gasteiger partial charge in [-0.1, -0.05) is 35.0 Å². The zero-order valence-electron chi connectivity index (χ0n) is 11.0. The van der Waals surface area contributed by atoms with Crippen LogP contribution in [0.5, 0.6) is 0 Å². The van der Waals surface area contributed by atoms with E-state index in [4.69, 9.17) is 9.15 Å². The zero-order chi connectivity index (χ0) is 13.5. The molecule has 1 aromatic carbocycles. The number of ether oxygens (including phenoxy) is 1. The van der Waals surface area contributed by atoms with E-state index in [0.717, 1.165) is 34.6 Å². The lowest BCUT2D eigenvalue weighted by Gasteiger charge is -2.03. The predicted molar refractivity (Wildman–Crippen MR) is 78.7 cm³/mol. The molecule has 0 aliphatic rings. The van der Waals surface area contributed by atoms with E-state index in [2.05, 4.69) is 28.2 Å². The number of hydrogen-bond donors (Lipinski definition) is 1. The summed E-state index contributed by atoms with van der Waals surface area (Å²) < 4.78 is 12.4. The average molecular weight is 324 g/mol. The summed E-state index contributed by atoms with van der Waals surface area (Å²) in [5.41, 5.74) is 1.16. The highest BCUT2D eigenvalue weighted by Gasteiger charge is 2.02. The van der Waals surface area contributed by atoms with Crippen molar-refractivity contribution >= 4 is 15.9 Å². The molecule has 0 spiro atoms. The molecule has 0 saturated heterocycles. The Morgan fingerprint density at radius 2 is 1.79 bits per heavy atom. The van der Waals surface area contributed by atoms with Crippen molar-refractivity contribution in [3.63, 3.8) is 0 Å². The molecule has 0 saturated carbocycles. The molecule has 1 N–H and O–H groups in total. The van der Waals surface area contributed by atoms with Gasteiger partial charge in [-0.2, -0.15) is 0 Å². The first-order valence-corrected chi connectivity index (χ1v) is 7.17. The number of hydrogen-bond acceptors (Lipinski definition) is 3. The number of benzene rings is 1. The molecule has 4 heteroatoms. The summed E-state index contributed by atoms with van der Waals surface area (Å²) in [6, 6.07) is 12.1. The van der Waals surface area contributed by atoms with Gasteiger partial charge < -0.3 is 14.5 Å². The molecule has 19 heavy (non-hydrogen) atoms. The first-order chi connectivity index (χ1) is 9.28. The fourth-order valence-corrected chi connectivity index (χ4v) is 1.96. The second-order valence-electron chi connectivity index (χ2n) is 4.27. The second kappa shape index (κ2) is 7.48. The van der Waals surface area contributed by atoms with Crippen LogP contribution >= 0.6 is 15.9 Å². The maximum absolute atomic E-state index is 5.65. The maximum atomic E-state index is 5.65. The highest BCUT2D eigenvalue weighted by Crippen LogP contribution is 2.13. The van der Waals surface area contributed by atoms with E-state index in [1.54, 1.807) is 0 Å². The van der Waals surface area contributed by atoms with Crippen molar-refractivity contribution in [1.29, 1.82) is 0 Å². The summed E-state index contributed by atoms with van der Waals surface area (Å²) in [4.78, 5) is 0. The Labute approximate surface area is 122 Å². The van der Waals surface area contributed by atoms with Gasteiger partial charge in [0.2, 0.25) is 0 Å². The van der Waals surface area contributed by atoms with Gasteiger partial charge in [0, 0.05) is 4.47 Å². The molecule has 0 bridgehead atoms. The smallest absolute Gasteiger partial charge is 0.129 e. The summed E-state index contributed by atoms with van der Waals surface area (Å²) in [5.74, 6) is 1.81. The van der Waals surface area contributed by atoms with Gasteiger partial charge in [0.1, 0.15) is 18.1 Å². The molecule has 1 aromatic heterocycles. The summed E-state index contributed by atoms with van der Waals surface area (Å²) in [6.45, 7) is 4.88. The number of rotatable bonds is 7. The van der Waals surface area contributed by atoms with Gasteiger partial charge in [-0.25, -0.2) is 0 Å². The normalized spacial score (nSPS) is 10.8. The van der Waals surface area contributed by atoms with E-state index in [1.165, 1.54) is 0 Å². The largest absolute Gasteiger partial charge is 0.462 e. The van der Waals surface area contributed by atoms with E-state index in [-0.39, 0.29) is 0 Å². The van der Waals surface area contributed by atoms with Gasteiger partial charge in [0.15, 0.2) is 0 Å². The summed E-state index contributed by atoms with van der Waals surface area (Å²) in [7, 11) is 0. The first-order valence-electron chi connectivity index (χ1n) is 6.38. The molecule has 0 atom stereocenters. The van der Waals surface area contributed by atoms with Crippen LogP contribution in [0.4, 0.5) is 0 Å². The van der Waals surface area contributed by atoms with Gasteiger partial charge in [0.25, 0.3) is 0 Å². The quantitative estimate of drug-likeness (QED) is 0.840. The number of halogens is 1. The van der Waals surface area contributed by atoms with Gasteiger partial charge in [-0.15, -0.1) is 0 Å². The standard InChI is InChI=1S/C15H18BrNO2/c1-2-17-9-14-7-8-15(19-14)11-18-10-12-3-5-13(16)6-4-12/h3-8,17H,2,9-11H2,1H3. The number of nitrogens with one attached hydrogen (secondary N) is 1. The second-order valence-corrected chi connectivity index (χ2v) is 5.18. The predicted octanol–water partition coefficient (Wildman–Crippen LogP) is 3.87. The molecular weight excluding hydrogens is 306 g/mol. The minimum absolute atomic E-state index is 0.502. The van der Waals surface area contributed by atoms with Crippen molar-refractivity contribution in [2.75, 3.05) is 6.54 Å². The van der Waals surface area contributed by atoms with E-state index < -0.39 is 0 Å². The molecule has 0 aliphatic carbocycles. The Morgan fingerprint density at radius 3 is 2.53 bits per heavy atom. The third-order valence-electron chi connectivity index (χ3n) is 2.69. The SMILES string of the molecule is CCNCc1ccc(COCc2ccc(Br)cc2)o1. The van der Waals surface area contributed by atoms with Crippen molar-refractivity contribution in [3.8, 4) is 0 Å². The molecule has 0 radical (unpaired) electrons. The highest BCUT2D eigenvalue weighted by atomic mass is 79.9. The Bertz CT molecular complexity index is 493. The third-order valence-corrected chi connectivity index (χ3v) is 3.22. The van der Waals surface area contributed by atoms with Crippen LogP contribution in [0, 0.1) is 0 Å². The molecule has 2 rings (SSSR count). The Morgan fingerprint density at radius 1 is 1.05 bits per heavy atom. The van der Waals surface area contributed by atoms with Gasteiger partial charge >= 0.3 is 0 Å². The molecule has 2 aromatic rings. The molecule has 102 valence electrons. The van der Waals surface area contributed by atoms with Crippen LogP contribution in [-0.4, -0.2) is 6.54 Å². The lowest BCUT2D eigenvalue weighted by molar-refractivity contribution is 0.0920.